The van der Waals surface area contributed by atoms with Gasteiger partial charge in [0.2, 0.25) is 0 Å². The highest BCUT2D eigenvalue weighted by molar-refractivity contribution is 9.10. The highest BCUT2D eigenvalue weighted by Crippen LogP contribution is 2.25. The first kappa shape index (κ1) is 13.7. The Morgan fingerprint density at radius 2 is 2.16 bits per heavy atom. The Labute approximate surface area is 120 Å². The highest BCUT2D eigenvalue weighted by Gasteiger charge is 2.17. The molecule has 0 spiro atoms. The second-order valence-corrected chi connectivity index (χ2v) is 5.17. The van der Waals surface area contributed by atoms with E-state index in [0.717, 1.165) is 11.3 Å². The van der Waals surface area contributed by atoms with Crippen LogP contribution in [0.2, 0.25) is 0 Å². The zero-order chi connectivity index (χ0) is 14.0. The summed E-state index contributed by atoms with van der Waals surface area (Å²) in [4.78, 5) is 14.0. The fourth-order valence-corrected chi connectivity index (χ4v) is 2.26. The molecule has 0 unspecified atom stereocenters. The summed E-state index contributed by atoms with van der Waals surface area (Å²) in [6, 6.07) is 7.14. The summed E-state index contributed by atoms with van der Waals surface area (Å²) in [6.45, 7) is 2.38. The molecule has 100 valence electrons. The maximum Gasteiger partial charge on any atom is 0.255 e. The van der Waals surface area contributed by atoms with E-state index in [2.05, 4.69) is 15.9 Å². The maximum absolute atomic E-state index is 12.4. The van der Waals surface area contributed by atoms with Gasteiger partial charge in [-0.25, -0.2) is 0 Å². The molecule has 1 amide bonds. The lowest BCUT2D eigenvalue weighted by molar-refractivity contribution is 0.0784. The van der Waals surface area contributed by atoms with Gasteiger partial charge in [-0.2, -0.15) is 0 Å². The van der Waals surface area contributed by atoms with Gasteiger partial charge in [0, 0.05) is 24.8 Å². The molecule has 0 saturated carbocycles. The predicted molar refractivity (Wildman–Crippen MR) is 77.8 cm³/mol. The van der Waals surface area contributed by atoms with Crippen LogP contribution in [0.1, 0.15) is 21.7 Å². The topological polar surface area (TPSA) is 59.5 Å². The lowest BCUT2D eigenvalue weighted by Crippen LogP contribution is -2.26. The minimum Gasteiger partial charge on any atom is -0.469 e. The summed E-state index contributed by atoms with van der Waals surface area (Å²) in [5.41, 5.74) is 7.90. The van der Waals surface area contributed by atoms with Crippen LogP contribution in [0.25, 0.3) is 0 Å². The number of amides is 1. The van der Waals surface area contributed by atoms with Crippen LogP contribution in [0, 0.1) is 6.92 Å². The van der Waals surface area contributed by atoms with Crippen LogP contribution in [0.5, 0.6) is 0 Å². The standard InChI is InChI=1S/C14H15BrN2O2/c1-9-10(6-7-19-9)8-17(2)14(18)11-4-3-5-12(16)13(11)15/h3-7H,8,16H2,1-2H3. The predicted octanol–water partition coefficient (Wildman–Crippen LogP) is 3.20. The summed E-state index contributed by atoms with van der Waals surface area (Å²) in [6.07, 6.45) is 1.62. The van der Waals surface area contributed by atoms with E-state index in [-0.39, 0.29) is 5.91 Å². The van der Waals surface area contributed by atoms with Crippen molar-refractivity contribution in [2.45, 2.75) is 13.5 Å². The van der Waals surface area contributed by atoms with Gasteiger partial charge < -0.3 is 15.1 Å². The number of nitrogens with two attached hydrogens (primary N) is 1. The van der Waals surface area contributed by atoms with Crippen LogP contribution in [0.3, 0.4) is 0 Å². The molecule has 0 fully saturated rings. The van der Waals surface area contributed by atoms with Gasteiger partial charge in [-0.15, -0.1) is 0 Å². The Kier molecular flexibility index (Phi) is 3.95. The number of hydrogen-bond acceptors (Lipinski definition) is 3. The van der Waals surface area contributed by atoms with E-state index in [1.54, 1.807) is 36.4 Å². The number of aryl methyl sites for hydroxylation is 1. The molecular formula is C14H15BrN2O2. The third-order valence-corrected chi connectivity index (χ3v) is 3.86. The second-order valence-electron chi connectivity index (χ2n) is 4.37. The molecule has 19 heavy (non-hydrogen) atoms. The minimum atomic E-state index is -0.0835. The van der Waals surface area contributed by atoms with E-state index < -0.39 is 0 Å². The number of hydrogen-bond donors (Lipinski definition) is 1. The molecule has 0 radical (unpaired) electrons. The zero-order valence-electron chi connectivity index (χ0n) is 10.8. The molecule has 1 aromatic heterocycles. The summed E-state index contributed by atoms with van der Waals surface area (Å²) in [5.74, 6) is 0.742. The molecule has 0 bridgehead atoms. The Bertz CT molecular complexity index is 607. The van der Waals surface area contributed by atoms with Crippen LogP contribution in [-0.4, -0.2) is 17.9 Å². The summed E-state index contributed by atoms with van der Waals surface area (Å²) < 4.78 is 5.86. The molecule has 0 aliphatic rings. The molecule has 4 nitrogen and oxygen atoms in total. The lowest BCUT2D eigenvalue weighted by atomic mass is 10.1. The van der Waals surface area contributed by atoms with Crippen molar-refractivity contribution in [3.05, 3.63) is 51.9 Å². The molecule has 0 saturated heterocycles. The van der Waals surface area contributed by atoms with Gasteiger partial charge in [0.05, 0.1) is 16.3 Å². The molecule has 5 heteroatoms. The number of halogens is 1. The first-order valence-electron chi connectivity index (χ1n) is 5.83. The number of benzene rings is 1. The Morgan fingerprint density at radius 1 is 1.42 bits per heavy atom. The van der Waals surface area contributed by atoms with E-state index in [4.69, 9.17) is 10.2 Å². The van der Waals surface area contributed by atoms with Crippen molar-refractivity contribution in [2.24, 2.45) is 0 Å². The smallest absolute Gasteiger partial charge is 0.255 e. The first-order valence-corrected chi connectivity index (χ1v) is 6.62. The average Bonchev–Trinajstić information content (AvgIpc) is 2.77. The maximum atomic E-state index is 12.4. The molecule has 2 rings (SSSR count). The molecule has 1 aromatic carbocycles. The molecule has 0 aliphatic heterocycles. The fraction of sp³-hybridized carbons (Fsp3) is 0.214. The largest absolute Gasteiger partial charge is 0.469 e. The quantitative estimate of drug-likeness (QED) is 0.883. The minimum absolute atomic E-state index is 0.0835. The van der Waals surface area contributed by atoms with Gasteiger partial charge in [0.1, 0.15) is 5.76 Å². The van der Waals surface area contributed by atoms with Gasteiger partial charge >= 0.3 is 0 Å². The summed E-state index contributed by atoms with van der Waals surface area (Å²) >= 11 is 3.35. The third kappa shape index (κ3) is 2.81. The van der Waals surface area contributed by atoms with Gasteiger partial charge in [-0.3, -0.25) is 4.79 Å². The number of nitrogen functional groups attached to an aromatic ring is 1. The number of anilines is 1. The van der Waals surface area contributed by atoms with Crippen molar-refractivity contribution < 1.29 is 9.21 Å². The van der Waals surface area contributed by atoms with Crippen molar-refractivity contribution in [1.29, 1.82) is 0 Å². The molecule has 2 N–H and O–H groups in total. The van der Waals surface area contributed by atoms with Gasteiger partial charge in [-0.05, 0) is 41.1 Å². The van der Waals surface area contributed by atoms with Crippen molar-refractivity contribution >= 4 is 27.5 Å². The first-order chi connectivity index (χ1) is 9.00. The Balaban J connectivity index is 2.20. The number of furan rings is 1. The van der Waals surface area contributed by atoms with Crippen LogP contribution in [0.4, 0.5) is 5.69 Å². The molecule has 0 atom stereocenters. The van der Waals surface area contributed by atoms with Crippen LogP contribution in [0.15, 0.2) is 39.4 Å². The van der Waals surface area contributed by atoms with Crippen molar-refractivity contribution in [3.63, 3.8) is 0 Å². The molecule has 2 aromatic rings. The van der Waals surface area contributed by atoms with Crippen LogP contribution in [-0.2, 0) is 6.54 Å². The number of carbonyl (C=O) groups is 1. The van der Waals surface area contributed by atoms with Crippen molar-refractivity contribution in [1.82, 2.24) is 4.90 Å². The SMILES string of the molecule is Cc1occc1CN(C)C(=O)c1cccc(N)c1Br. The molecular weight excluding hydrogens is 308 g/mol. The number of carbonyl (C=O) groups excluding carboxylic acids is 1. The van der Waals surface area contributed by atoms with Crippen LogP contribution < -0.4 is 5.73 Å². The van der Waals surface area contributed by atoms with E-state index in [1.807, 2.05) is 13.0 Å². The highest BCUT2D eigenvalue weighted by atomic mass is 79.9. The van der Waals surface area contributed by atoms with E-state index in [1.165, 1.54) is 0 Å². The summed E-state index contributed by atoms with van der Waals surface area (Å²) in [5, 5.41) is 0. The van der Waals surface area contributed by atoms with E-state index in [0.29, 0.717) is 22.3 Å². The monoisotopic (exact) mass is 322 g/mol. The molecule has 1 heterocycles. The van der Waals surface area contributed by atoms with Gasteiger partial charge in [-0.1, -0.05) is 6.07 Å². The number of nitrogens with zero attached hydrogens (tertiary/aromatic N) is 1. The van der Waals surface area contributed by atoms with Gasteiger partial charge in [0.15, 0.2) is 0 Å². The van der Waals surface area contributed by atoms with Gasteiger partial charge in [0.25, 0.3) is 5.91 Å². The third-order valence-electron chi connectivity index (χ3n) is 2.98. The van der Waals surface area contributed by atoms with E-state index >= 15 is 0 Å². The Morgan fingerprint density at radius 3 is 2.79 bits per heavy atom. The van der Waals surface area contributed by atoms with Crippen molar-refractivity contribution in [2.75, 3.05) is 12.8 Å². The second kappa shape index (κ2) is 5.48. The average molecular weight is 323 g/mol. The zero-order valence-corrected chi connectivity index (χ0v) is 12.4. The number of rotatable bonds is 3. The fourth-order valence-electron chi connectivity index (χ4n) is 1.82. The summed E-state index contributed by atoms with van der Waals surface area (Å²) in [7, 11) is 1.75. The normalized spacial score (nSPS) is 10.5. The van der Waals surface area contributed by atoms with Crippen molar-refractivity contribution in [3.8, 4) is 0 Å². The molecule has 0 aliphatic carbocycles. The van der Waals surface area contributed by atoms with Crippen LogP contribution >= 0.6 is 15.9 Å². The lowest BCUT2D eigenvalue weighted by Gasteiger charge is -2.18. The Hall–Kier alpha value is -1.75. The van der Waals surface area contributed by atoms with E-state index in [9.17, 15) is 4.79 Å².